The third-order valence-electron chi connectivity index (χ3n) is 4.42. The molecule has 4 nitrogen and oxygen atoms in total. The topological polar surface area (TPSA) is 44.8 Å². The molecule has 1 aliphatic rings. The zero-order valence-corrected chi connectivity index (χ0v) is 15.6. The molecule has 1 fully saturated rings. The Morgan fingerprint density at radius 2 is 1.89 bits per heavy atom. The highest BCUT2D eigenvalue weighted by atomic mass is 19.4. The smallest absolute Gasteiger partial charge is 0.389 e. The Bertz CT molecular complexity index is 648. The van der Waals surface area contributed by atoms with Crippen LogP contribution in [0, 0.1) is 0 Å². The van der Waals surface area contributed by atoms with E-state index in [2.05, 4.69) is 6.58 Å². The fourth-order valence-electron chi connectivity index (χ4n) is 2.77. The minimum absolute atomic E-state index is 0.127. The lowest BCUT2D eigenvalue weighted by Crippen LogP contribution is -2.31. The molecule has 0 N–H and O–H groups in total. The first-order chi connectivity index (χ1) is 12.6. The van der Waals surface area contributed by atoms with Crippen molar-refractivity contribution in [3.63, 3.8) is 0 Å². The molecule has 1 aliphatic heterocycles. The molecule has 7 heteroatoms. The summed E-state index contributed by atoms with van der Waals surface area (Å²) >= 11 is 0. The first-order valence-electron chi connectivity index (χ1n) is 8.93. The van der Waals surface area contributed by atoms with Crippen molar-refractivity contribution in [2.24, 2.45) is 0 Å². The van der Waals surface area contributed by atoms with Gasteiger partial charge in [-0.2, -0.15) is 13.2 Å². The van der Waals surface area contributed by atoms with Crippen molar-refractivity contribution in [1.29, 1.82) is 0 Å². The standard InChI is InChI=1S/C20H25F3O4/c1-14(2)18(24)27-19(3,11-12-20(21,22)23)15-7-9-16(10-8-15)26-17-6-4-5-13-25-17/h7-10,17H,1,4-6,11-13H2,2-3H3. The number of alkyl halides is 3. The molecular weight excluding hydrogens is 361 g/mol. The summed E-state index contributed by atoms with van der Waals surface area (Å²) in [6.45, 7) is 7.06. The van der Waals surface area contributed by atoms with Crippen LogP contribution < -0.4 is 4.74 Å². The van der Waals surface area contributed by atoms with Crippen molar-refractivity contribution in [3.8, 4) is 5.75 Å². The lowest BCUT2D eigenvalue weighted by molar-refractivity contribution is -0.167. The van der Waals surface area contributed by atoms with Crippen molar-refractivity contribution in [3.05, 3.63) is 42.0 Å². The molecule has 1 aromatic rings. The molecule has 1 heterocycles. The molecule has 27 heavy (non-hydrogen) atoms. The van der Waals surface area contributed by atoms with E-state index >= 15 is 0 Å². The molecule has 0 amide bonds. The predicted molar refractivity (Wildman–Crippen MR) is 94.2 cm³/mol. The van der Waals surface area contributed by atoms with Gasteiger partial charge < -0.3 is 14.2 Å². The van der Waals surface area contributed by atoms with Gasteiger partial charge in [-0.05, 0) is 50.8 Å². The summed E-state index contributed by atoms with van der Waals surface area (Å²) in [7, 11) is 0. The van der Waals surface area contributed by atoms with E-state index in [1.165, 1.54) is 13.8 Å². The van der Waals surface area contributed by atoms with Crippen molar-refractivity contribution in [2.75, 3.05) is 6.61 Å². The number of carbonyl (C=O) groups is 1. The number of hydrogen-bond donors (Lipinski definition) is 0. The summed E-state index contributed by atoms with van der Waals surface area (Å²) in [5, 5.41) is 0. The van der Waals surface area contributed by atoms with Crippen LogP contribution in [0.1, 0.15) is 51.5 Å². The SMILES string of the molecule is C=C(C)C(=O)OC(C)(CCC(F)(F)F)c1ccc(OC2CCCCO2)cc1. The number of benzene rings is 1. The molecule has 2 atom stereocenters. The van der Waals surface area contributed by atoms with E-state index in [0.717, 1.165) is 19.3 Å². The fourth-order valence-corrected chi connectivity index (χ4v) is 2.77. The number of carbonyl (C=O) groups excluding carboxylic acids is 1. The largest absolute Gasteiger partial charge is 0.465 e. The lowest BCUT2D eigenvalue weighted by Gasteiger charge is -2.31. The molecule has 0 bridgehead atoms. The Balaban J connectivity index is 2.15. The van der Waals surface area contributed by atoms with Gasteiger partial charge >= 0.3 is 12.1 Å². The van der Waals surface area contributed by atoms with Gasteiger partial charge in [0.15, 0.2) is 6.29 Å². The average Bonchev–Trinajstić information content (AvgIpc) is 2.61. The predicted octanol–water partition coefficient (Wildman–Crippen LogP) is 5.27. The highest BCUT2D eigenvalue weighted by Gasteiger charge is 2.37. The number of halogens is 3. The molecule has 0 spiro atoms. The van der Waals surface area contributed by atoms with Crippen LogP contribution in [0.25, 0.3) is 0 Å². The summed E-state index contributed by atoms with van der Waals surface area (Å²) < 4.78 is 54.8. The summed E-state index contributed by atoms with van der Waals surface area (Å²) in [5.41, 5.74) is -0.841. The Morgan fingerprint density at radius 3 is 2.41 bits per heavy atom. The van der Waals surface area contributed by atoms with Gasteiger partial charge in [-0.1, -0.05) is 18.7 Å². The quantitative estimate of drug-likeness (QED) is 0.473. The molecule has 1 aromatic carbocycles. The Morgan fingerprint density at radius 1 is 1.22 bits per heavy atom. The summed E-state index contributed by atoms with van der Waals surface area (Å²) in [5.74, 6) is -0.175. The van der Waals surface area contributed by atoms with Crippen LogP contribution >= 0.6 is 0 Å². The third kappa shape index (κ3) is 6.57. The maximum Gasteiger partial charge on any atom is 0.389 e. The van der Waals surface area contributed by atoms with Crippen LogP contribution in [0.3, 0.4) is 0 Å². The van der Waals surface area contributed by atoms with Crippen molar-refractivity contribution in [2.45, 2.75) is 64.0 Å². The van der Waals surface area contributed by atoms with E-state index in [0.29, 0.717) is 17.9 Å². The van der Waals surface area contributed by atoms with Crippen molar-refractivity contribution >= 4 is 5.97 Å². The van der Waals surface area contributed by atoms with Gasteiger partial charge in [0.05, 0.1) is 6.61 Å². The minimum Gasteiger partial charge on any atom is -0.465 e. The van der Waals surface area contributed by atoms with Crippen molar-refractivity contribution in [1.82, 2.24) is 0 Å². The summed E-state index contributed by atoms with van der Waals surface area (Å²) in [4.78, 5) is 11.9. The molecule has 2 unspecified atom stereocenters. The van der Waals surface area contributed by atoms with Crippen LogP contribution in [0.2, 0.25) is 0 Å². The van der Waals surface area contributed by atoms with Crippen LogP contribution in [0.5, 0.6) is 5.75 Å². The monoisotopic (exact) mass is 386 g/mol. The highest BCUT2D eigenvalue weighted by molar-refractivity contribution is 5.87. The second-order valence-corrected chi connectivity index (χ2v) is 6.95. The average molecular weight is 386 g/mol. The third-order valence-corrected chi connectivity index (χ3v) is 4.42. The lowest BCUT2D eigenvalue weighted by atomic mass is 9.90. The van der Waals surface area contributed by atoms with Crippen LogP contribution in [0.15, 0.2) is 36.4 Å². The Hall–Kier alpha value is -2.02. The number of rotatable bonds is 7. The Kier molecular flexibility index (Phi) is 6.92. The van der Waals surface area contributed by atoms with Gasteiger partial charge in [0.1, 0.15) is 11.4 Å². The normalized spacial score (nSPS) is 19.8. The molecule has 1 saturated heterocycles. The van der Waals surface area contributed by atoms with Gasteiger partial charge in [-0.15, -0.1) is 0 Å². The number of hydrogen-bond acceptors (Lipinski definition) is 4. The second-order valence-electron chi connectivity index (χ2n) is 6.95. The minimum atomic E-state index is -4.35. The van der Waals surface area contributed by atoms with Gasteiger partial charge in [-0.25, -0.2) is 4.79 Å². The first-order valence-corrected chi connectivity index (χ1v) is 8.93. The number of esters is 1. The van der Waals surface area contributed by atoms with Crippen molar-refractivity contribution < 1.29 is 32.2 Å². The first kappa shape index (κ1) is 21.3. The summed E-state index contributed by atoms with van der Waals surface area (Å²) in [6.07, 6.45) is -3.30. The zero-order valence-electron chi connectivity index (χ0n) is 15.6. The zero-order chi connectivity index (χ0) is 20.1. The maximum absolute atomic E-state index is 12.7. The fraction of sp³-hybridized carbons (Fsp3) is 0.550. The molecule has 2 rings (SSSR count). The molecule has 0 aliphatic carbocycles. The summed E-state index contributed by atoms with van der Waals surface area (Å²) in [6, 6.07) is 6.52. The van der Waals surface area contributed by atoms with E-state index in [4.69, 9.17) is 14.2 Å². The van der Waals surface area contributed by atoms with E-state index < -0.39 is 24.2 Å². The number of ether oxygens (including phenoxy) is 3. The van der Waals surface area contributed by atoms with E-state index in [1.807, 2.05) is 0 Å². The second kappa shape index (κ2) is 8.78. The Labute approximate surface area is 157 Å². The van der Waals surface area contributed by atoms with Crippen LogP contribution in [-0.4, -0.2) is 25.0 Å². The van der Waals surface area contributed by atoms with Gasteiger partial charge in [0.2, 0.25) is 0 Å². The molecule has 0 saturated carbocycles. The molecule has 0 radical (unpaired) electrons. The van der Waals surface area contributed by atoms with Crippen LogP contribution in [-0.2, 0) is 19.9 Å². The van der Waals surface area contributed by atoms with Gasteiger partial charge in [-0.3, -0.25) is 0 Å². The van der Waals surface area contributed by atoms with E-state index in [-0.39, 0.29) is 18.3 Å². The van der Waals surface area contributed by atoms with E-state index in [1.54, 1.807) is 24.3 Å². The molecule has 150 valence electrons. The maximum atomic E-state index is 12.7. The van der Waals surface area contributed by atoms with Crippen LogP contribution in [0.4, 0.5) is 13.2 Å². The van der Waals surface area contributed by atoms with Gasteiger partial charge in [0, 0.05) is 18.4 Å². The molecular formula is C20H25F3O4. The van der Waals surface area contributed by atoms with Gasteiger partial charge in [0.25, 0.3) is 0 Å². The molecule has 0 aromatic heterocycles. The highest BCUT2D eigenvalue weighted by Crippen LogP contribution is 2.36. The van der Waals surface area contributed by atoms with E-state index in [9.17, 15) is 18.0 Å².